The molecule has 0 radical (unpaired) electrons. The van der Waals surface area contributed by atoms with Gasteiger partial charge in [-0.25, -0.2) is 14.8 Å². The largest absolute Gasteiger partial charge is 0.449 e. The average Bonchev–Trinajstić information content (AvgIpc) is 2.84. The van der Waals surface area contributed by atoms with E-state index < -0.39 is 0 Å². The van der Waals surface area contributed by atoms with E-state index in [0.717, 1.165) is 33.6 Å². The van der Waals surface area contributed by atoms with Gasteiger partial charge in [-0.15, -0.1) is 0 Å². The Morgan fingerprint density at radius 3 is 2.52 bits per heavy atom. The smallest absolute Gasteiger partial charge is 0.409 e. The lowest BCUT2D eigenvalue weighted by Crippen LogP contribution is -2.49. The lowest BCUT2D eigenvalue weighted by atomic mass is 9.98. The Morgan fingerprint density at radius 1 is 1.15 bits per heavy atom. The molecule has 1 aliphatic heterocycles. The van der Waals surface area contributed by atoms with Gasteiger partial charge in [0.1, 0.15) is 15.8 Å². The SMILES string of the molecule is CCCCOC(=O)N1CCN(c2ncnc(I)c2C(C)CC(=O)N(C)c2ccccc2)CC1. The monoisotopic (exact) mass is 565 g/mol. The van der Waals surface area contributed by atoms with Crippen LogP contribution in [0.1, 0.15) is 44.6 Å². The molecule has 1 fully saturated rings. The zero-order valence-corrected chi connectivity index (χ0v) is 21.7. The summed E-state index contributed by atoms with van der Waals surface area (Å²) < 4.78 is 6.19. The molecule has 3 rings (SSSR count). The Labute approximate surface area is 209 Å². The van der Waals surface area contributed by atoms with E-state index in [9.17, 15) is 9.59 Å². The van der Waals surface area contributed by atoms with Crippen molar-refractivity contribution in [2.24, 2.45) is 0 Å². The third-order valence-electron chi connectivity index (χ3n) is 5.87. The Balaban J connectivity index is 1.66. The summed E-state index contributed by atoms with van der Waals surface area (Å²) in [7, 11) is 1.80. The highest BCUT2D eigenvalue weighted by Crippen LogP contribution is 2.32. The van der Waals surface area contributed by atoms with Crippen LogP contribution in [0.5, 0.6) is 0 Å². The predicted molar refractivity (Wildman–Crippen MR) is 138 cm³/mol. The van der Waals surface area contributed by atoms with Crippen LogP contribution in [0.25, 0.3) is 0 Å². The average molecular weight is 565 g/mol. The fourth-order valence-corrected chi connectivity index (χ4v) is 4.73. The number of hydrogen-bond acceptors (Lipinski definition) is 6. The van der Waals surface area contributed by atoms with E-state index in [0.29, 0.717) is 39.2 Å². The van der Waals surface area contributed by atoms with Gasteiger partial charge in [0.2, 0.25) is 5.91 Å². The first-order chi connectivity index (χ1) is 15.9. The van der Waals surface area contributed by atoms with Gasteiger partial charge in [-0.2, -0.15) is 0 Å². The Bertz CT molecular complexity index is 935. The van der Waals surface area contributed by atoms with Crippen molar-refractivity contribution in [3.05, 3.63) is 45.9 Å². The number of piperazine rings is 1. The Morgan fingerprint density at radius 2 is 1.85 bits per heavy atom. The molecule has 1 atom stereocenters. The molecule has 0 saturated carbocycles. The first kappa shape index (κ1) is 25.2. The van der Waals surface area contributed by atoms with Crippen LogP contribution in [0.15, 0.2) is 36.7 Å². The van der Waals surface area contributed by atoms with Crippen LogP contribution in [0.2, 0.25) is 0 Å². The number of carbonyl (C=O) groups is 2. The summed E-state index contributed by atoms with van der Waals surface area (Å²) in [5, 5.41) is 0. The molecular weight excluding hydrogens is 533 g/mol. The second-order valence-electron chi connectivity index (χ2n) is 8.24. The van der Waals surface area contributed by atoms with Crippen molar-refractivity contribution in [2.75, 3.05) is 49.6 Å². The third kappa shape index (κ3) is 6.55. The summed E-state index contributed by atoms with van der Waals surface area (Å²) in [4.78, 5) is 39.8. The van der Waals surface area contributed by atoms with Crippen molar-refractivity contribution >= 4 is 46.1 Å². The van der Waals surface area contributed by atoms with Crippen molar-refractivity contribution in [1.82, 2.24) is 14.9 Å². The summed E-state index contributed by atoms with van der Waals surface area (Å²) in [5.74, 6) is 0.832. The van der Waals surface area contributed by atoms with Gasteiger partial charge in [-0.3, -0.25) is 4.79 Å². The molecule has 8 nitrogen and oxygen atoms in total. The first-order valence-corrected chi connectivity index (χ1v) is 12.5. The predicted octanol–water partition coefficient (Wildman–Crippen LogP) is 4.30. The zero-order chi connectivity index (χ0) is 23.8. The summed E-state index contributed by atoms with van der Waals surface area (Å²) >= 11 is 2.22. The van der Waals surface area contributed by atoms with Crippen LogP contribution in [-0.2, 0) is 9.53 Å². The van der Waals surface area contributed by atoms with E-state index in [4.69, 9.17) is 4.74 Å². The molecule has 2 heterocycles. The molecule has 0 aliphatic carbocycles. The minimum Gasteiger partial charge on any atom is -0.449 e. The lowest BCUT2D eigenvalue weighted by Gasteiger charge is -2.36. The van der Waals surface area contributed by atoms with Gasteiger partial charge in [-0.1, -0.05) is 38.5 Å². The van der Waals surface area contributed by atoms with Crippen molar-refractivity contribution < 1.29 is 14.3 Å². The molecule has 1 aromatic heterocycles. The van der Waals surface area contributed by atoms with Crippen molar-refractivity contribution in [3.63, 3.8) is 0 Å². The molecule has 1 unspecified atom stereocenters. The van der Waals surface area contributed by atoms with Crippen LogP contribution in [-0.4, -0.2) is 66.7 Å². The maximum absolute atomic E-state index is 13.0. The molecule has 2 amide bonds. The van der Waals surface area contributed by atoms with Gasteiger partial charge in [0.25, 0.3) is 0 Å². The number of rotatable bonds is 8. The van der Waals surface area contributed by atoms with E-state index in [1.807, 2.05) is 37.3 Å². The highest BCUT2D eigenvalue weighted by Gasteiger charge is 2.28. The molecule has 9 heteroatoms. The molecule has 33 heavy (non-hydrogen) atoms. The maximum atomic E-state index is 13.0. The molecule has 0 bridgehead atoms. The summed E-state index contributed by atoms with van der Waals surface area (Å²) in [6.07, 6.45) is 3.55. The highest BCUT2D eigenvalue weighted by atomic mass is 127. The van der Waals surface area contributed by atoms with Crippen LogP contribution in [0.4, 0.5) is 16.3 Å². The molecule has 1 saturated heterocycles. The number of carbonyl (C=O) groups excluding carboxylic acids is 2. The highest BCUT2D eigenvalue weighted by molar-refractivity contribution is 14.1. The summed E-state index contributed by atoms with van der Waals surface area (Å²) in [5.41, 5.74) is 1.85. The van der Waals surface area contributed by atoms with Gasteiger partial charge >= 0.3 is 6.09 Å². The molecule has 0 spiro atoms. The number of aromatic nitrogens is 2. The number of hydrogen-bond donors (Lipinski definition) is 0. The van der Waals surface area contributed by atoms with Gasteiger partial charge in [-0.05, 0) is 47.1 Å². The number of unbranched alkanes of at least 4 members (excludes halogenated alkanes) is 1. The fraction of sp³-hybridized carbons (Fsp3) is 0.500. The Hall–Kier alpha value is -2.43. The van der Waals surface area contributed by atoms with Gasteiger partial charge in [0, 0.05) is 50.9 Å². The van der Waals surface area contributed by atoms with Crippen molar-refractivity contribution in [1.29, 1.82) is 0 Å². The molecule has 1 aromatic carbocycles. The number of nitrogens with zero attached hydrogens (tertiary/aromatic N) is 5. The fourth-order valence-electron chi connectivity index (χ4n) is 3.83. The van der Waals surface area contributed by atoms with Crippen LogP contribution < -0.4 is 9.80 Å². The van der Waals surface area contributed by atoms with Crippen LogP contribution in [0, 0.1) is 3.70 Å². The number of para-hydroxylation sites is 1. The molecule has 178 valence electrons. The second kappa shape index (κ2) is 12.2. The summed E-state index contributed by atoms with van der Waals surface area (Å²) in [6.45, 7) is 7.06. The van der Waals surface area contributed by atoms with Crippen LogP contribution >= 0.6 is 22.6 Å². The van der Waals surface area contributed by atoms with Crippen LogP contribution in [0.3, 0.4) is 0 Å². The van der Waals surface area contributed by atoms with Gasteiger partial charge in [0.15, 0.2) is 0 Å². The molecule has 2 aromatic rings. The number of halogens is 1. The topological polar surface area (TPSA) is 78.9 Å². The number of amides is 2. The van der Waals surface area contributed by atoms with Crippen molar-refractivity contribution in [3.8, 4) is 0 Å². The zero-order valence-electron chi connectivity index (χ0n) is 19.5. The van der Waals surface area contributed by atoms with Crippen molar-refractivity contribution in [2.45, 2.75) is 39.0 Å². The molecule has 1 aliphatic rings. The van der Waals surface area contributed by atoms with Gasteiger partial charge in [0.05, 0.1) is 6.61 Å². The number of anilines is 2. The lowest BCUT2D eigenvalue weighted by molar-refractivity contribution is -0.118. The standard InChI is InChI=1S/C24H32IN5O3/c1-4-5-15-33-24(32)30-13-11-29(12-14-30)23-21(22(25)26-17-27-23)18(2)16-20(31)28(3)19-9-7-6-8-10-19/h6-10,17-18H,4-5,11-16H2,1-3H3. The quantitative estimate of drug-likeness (QED) is 0.270. The molecular formula is C24H32IN5O3. The minimum atomic E-state index is -0.247. The van der Waals surface area contributed by atoms with E-state index >= 15 is 0 Å². The first-order valence-electron chi connectivity index (χ1n) is 11.4. The third-order valence-corrected chi connectivity index (χ3v) is 6.73. The van der Waals surface area contributed by atoms with E-state index in [1.54, 1.807) is 23.2 Å². The molecule has 0 N–H and O–H groups in total. The summed E-state index contributed by atoms with van der Waals surface area (Å²) in [6, 6.07) is 9.64. The van der Waals surface area contributed by atoms with E-state index in [2.05, 4.69) is 44.4 Å². The maximum Gasteiger partial charge on any atom is 0.409 e. The van der Waals surface area contributed by atoms with Gasteiger partial charge < -0.3 is 19.4 Å². The van der Waals surface area contributed by atoms with E-state index in [-0.39, 0.29) is 17.9 Å². The number of ether oxygens (including phenoxy) is 1. The second-order valence-corrected chi connectivity index (χ2v) is 9.26. The minimum absolute atomic E-state index is 0.0407. The number of benzene rings is 1. The van der Waals surface area contributed by atoms with E-state index in [1.165, 1.54) is 0 Å². The normalized spacial score (nSPS) is 14.7. The Kier molecular flexibility index (Phi) is 9.28.